The molecular weight excluding hydrogens is 338 g/mol. The summed E-state index contributed by atoms with van der Waals surface area (Å²) in [5.74, 6) is 0.808. The first-order valence-corrected chi connectivity index (χ1v) is 9.44. The van der Waals surface area contributed by atoms with Gasteiger partial charge in [0.05, 0.1) is 18.2 Å². The van der Waals surface area contributed by atoms with Crippen LogP contribution < -0.4 is 15.5 Å². The van der Waals surface area contributed by atoms with Crippen LogP contribution in [-0.4, -0.2) is 30.8 Å². The van der Waals surface area contributed by atoms with E-state index in [0.29, 0.717) is 11.3 Å². The first-order chi connectivity index (χ1) is 13.2. The minimum atomic E-state index is -0.469. The molecular formula is C22H25N3O2. The molecule has 5 nitrogen and oxygen atoms in total. The van der Waals surface area contributed by atoms with E-state index in [4.69, 9.17) is 10.5 Å². The van der Waals surface area contributed by atoms with Crippen LogP contribution in [0.15, 0.2) is 54.7 Å². The van der Waals surface area contributed by atoms with Crippen LogP contribution in [0.1, 0.15) is 28.8 Å². The summed E-state index contributed by atoms with van der Waals surface area (Å²) in [4.78, 5) is 11.6. The number of rotatable bonds is 5. The van der Waals surface area contributed by atoms with Crippen LogP contribution in [-0.2, 0) is 6.42 Å². The molecule has 1 aromatic heterocycles. The second kappa shape index (κ2) is 7.35. The highest BCUT2D eigenvalue weighted by Crippen LogP contribution is 2.31. The second-order valence-corrected chi connectivity index (χ2v) is 7.19. The van der Waals surface area contributed by atoms with E-state index >= 15 is 0 Å². The molecule has 0 unspecified atom stereocenters. The molecule has 27 heavy (non-hydrogen) atoms. The number of aromatic nitrogens is 1. The maximum absolute atomic E-state index is 11.6. The number of hydrogen-bond donors (Lipinski definition) is 1. The predicted octanol–water partition coefficient (Wildman–Crippen LogP) is 3.34. The van der Waals surface area contributed by atoms with Gasteiger partial charge in [0.15, 0.2) is 0 Å². The van der Waals surface area contributed by atoms with Crippen LogP contribution in [0.4, 0.5) is 0 Å². The Morgan fingerprint density at radius 2 is 1.85 bits per heavy atom. The average Bonchev–Trinajstić information content (AvgIpc) is 3.12. The summed E-state index contributed by atoms with van der Waals surface area (Å²) in [6.07, 6.45) is 5.54. The van der Waals surface area contributed by atoms with E-state index in [-0.39, 0.29) is 0 Å². The molecule has 0 aliphatic carbocycles. The fourth-order valence-electron chi connectivity index (χ4n) is 4.12. The van der Waals surface area contributed by atoms with Gasteiger partial charge in [0, 0.05) is 24.7 Å². The molecule has 1 fully saturated rings. The maximum atomic E-state index is 11.6. The van der Waals surface area contributed by atoms with E-state index in [0.717, 1.165) is 36.3 Å². The normalized spacial score (nSPS) is 15.2. The lowest BCUT2D eigenvalue weighted by Crippen LogP contribution is -2.41. The van der Waals surface area contributed by atoms with Gasteiger partial charge in [0.1, 0.15) is 5.75 Å². The smallest absolute Gasteiger partial charge is 0.252 e. The molecule has 1 aliphatic rings. The highest BCUT2D eigenvalue weighted by atomic mass is 16.5. The molecule has 0 saturated carbocycles. The number of piperidine rings is 1. The number of carbonyl (C=O) groups is 1. The Bertz CT molecular complexity index is 941. The van der Waals surface area contributed by atoms with E-state index in [1.807, 2.05) is 12.1 Å². The molecule has 140 valence electrons. The summed E-state index contributed by atoms with van der Waals surface area (Å²) >= 11 is 0. The Kier molecular flexibility index (Phi) is 4.75. The van der Waals surface area contributed by atoms with Gasteiger partial charge in [-0.25, -0.2) is 0 Å². The van der Waals surface area contributed by atoms with Crippen molar-refractivity contribution in [1.82, 2.24) is 4.68 Å². The number of carbonyl (C=O) groups excluding carboxylic acids is 1. The van der Waals surface area contributed by atoms with Crippen LogP contribution in [0.3, 0.4) is 0 Å². The molecule has 0 atom stereocenters. The fraction of sp³-hybridized carbons (Fsp3) is 0.318. The van der Waals surface area contributed by atoms with E-state index in [1.165, 1.54) is 18.4 Å². The van der Waals surface area contributed by atoms with Crippen LogP contribution in [0, 0.1) is 5.92 Å². The molecule has 2 heterocycles. The number of nitrogens with two attached hydrogens (primary N) is 1. The van der Waals surface area contributed by atoms with Crippen molar-refractivity contribution >= 4 is 16.8 Å². The highest BCUT2D eigenvalue weighted by molar-refractivity contribution is 6.02. The Hall–Kier alpha value is -2.95. The summed E-state index contributed by atoms with van der Waals surface area (Å²) in [5, 5.41) is 3.29. The van der Waals surface area contributed by atoms with Gasteiger partial charge in [0.2, 0.25) is 0 Å². The minimum Gasteiger partial charge on any atom is -0.495 e. The zero-order chi connectivity index (χ0) is 18.8. The van der Waals surface area contributed by atoms with Gasteiger partial charge in [-0.3, -0.25) is 9.47 Å². The molecule has 2 aromatic carbocycles. The topological polar surface area (TPSA) is 60.5 Å². The minimum absolute atomic E-state index is 0.421. The van der Waals surface area contributed by atoms with Crippen molar-refractivity contribution in [3.05, 3.63) is 65.9 Å². The number of methoxy groups -OCH3 is 1. The number of hydrogen-bond acceptors (Lipinski definition) is 3. The molecule has 1 saturated heterocycles. The van der Waals surface area contributed by atoms with Crippen molar-refractivity contribution in [3.63, 3.8) is 0 Å². The van der Waals surface area contributed by atoms with Crippen molar-refractivity contribution < 1.29 is 9.53 Å². The van der Waals surface area contributed by atoms with Gasteiger partial charge in [0.25, 0.3) is 5.91 Å². The van der Waals surface area contributed by atoms with Gasteiger partial charge in [-0.2, -0.15) is 0 Å². The lowest BCUT2D eigenvalue weighted by molar-refractivity contribution is 0.0997. The molecule has 4 rings (SSSR count). The second-order valence-electron chi connectivity index (χ2n) is 7.19. The number of fused-ring (bicyclic) bond motifs is 1. The van der Waals surface area contributed by atoms with E-state index in [1.54, 1.807) is 13.2 Å². The molecule has 5 heteroatoms. The van der Waals surface area contributed by atoms with E-state index < -0.39 is 5.91 Å². The third-order valence-electron chi connectivity index (χ3n) is 5.53. The molecule has 1 aliphatic heterocycles. The quantitative estimate of drug-likeness (QED) is 0.756. The zero-order valence-corrected chi connectivity index (χ0v) is 15.6. The largest absolute Gasteiger partial charge is 0.495 e. The maximum Gasteiger partial charge on any atom is 0.252 e. The zero-order valence-electron chi connectivity index (χ0n) is 15.6. The Balaban J connectivity index is 1.52. The number of benzene rings is 2. The van der Waals surface area contributed by atoms with Crippen LogP contribution in [0.25, 0.3) is 10.9 Å². The van der Waals surface area contributed by atoms with Crippen molar-refractivity contribution in [2.24, 2.45) is 11.7 Å². The Morgan fingerprint density at radius 1 is 1.11 bits per heavy atom. The third-order valence-corrected chi connectivity index (χ3v) is 5.53. The number of amides is 1. The summed E-state index contributed by atoms with van der Waals surface area (Å²) in [5.41, 5.74) is 8.36. The third kappa shape index (κ3) is 3.37. The summed E-state index contributed by atoms with van der Waals surface area (Å²) in [7, 11) is 1.58. The highest BCUT2D eigenvalue weighted by Gasteiger charge is 2.22. The monoisotopic (exact) mass is 363 g/mol. The Labute approximate surface area is 159 Å². The molecule has 0 bridgehead atoms. The standard InChI is InChI=1S/C22H25N3O2/c1-27-21-18-11-14-25(20(18)8-7-19(21)22(23)26)24-12-9-17(10-13-24)15-16-5-3-2-4-6-16/h2-8,11,14,17H,9-10,12-13,15H2,1H3,(H2,23,26). The van der Waals surface area contributed by atoms with Crippen molar-refractivity contribution in [2.75, 3.05) is 25.2 Å². The lowest BCUT2D eigenvalue weighted by atomic mass is 9.91. The first-order valence-electron chi connectivity index (χ1n) is 9.44. The van der Waals surface area contributed by atoms with E-state index in [9.17, 15) is 4.79 Å². The lowest BCUT2D eigenvalue weighted by Gasteiger charge is -2.35. The first kappa shape index (κ1) is 17.5. The van der Waals surface area contributed by atoms with Gasteiger partial charge >= 0.3 is 0 Å². The van der Waals surface area contributed by atoms with Crippen molar-refractivity contribution in [1.29, 1.82) is 0 Å². The molecule has 3 aromatic rings. The SMILES string of the molecule is COc1c(C(N)=O)ccc2c1ccn2N1CCC(Cc2ccccc2)CC1. The van der Waals surface area contributed by atoms with Crippen LogP contribution in [0.2, 0.25) is 0 Å². The van der Waals surface area contributed by atoms with Gasteiger partial charge in [-0.15, -0.1) is 0 Å². The molecule has 1 amide bonds. The Morgan fingerprint density at radius 3 is 2.52 bits per heavy atom. The summed E-state index contributed by atoms with van der Waals surface area (Å²) < 4.78 is 7.65. The van der Waals surface area contributed by atoms with Crippen molar-refractivity contribution in [2.45, 2.75) is 19.3 Å². The molecule has 0 spiro atoms. The molecule has 2 N–H and O–H groups in total. The summed E-state index contributed by atoms with van der Waals surface area (Å²) in [6.45, 7) is 2.03. The molecule has 0 radical (unpaired) electrons. The summed E-state index contributed by atoms with van der Waals surface area (Å²) in [6, 6.07) is 16.4. The number of ether oxygens (including phenoxy) is 1. The number of primary amides is 1. The van der Waals surface area contributed by atoms with Gasteiger partial charge in [-0.1, -0.05) is 30.3 Å². The van der Waals surface area contributed by atoms with Gasteiger partial charge in [-0.05, 0) is 48.9 Å². The predicted molar refractivity (Wildman–Crippen MR) is 108 cm³/mol. The van der Waals surface area contributed by atoms with Crippen LogP contribution in [0.5, 0.6) is 5.75 Å². The van der Waals surface area contributed by atoms with Crippen molar-refractivity contribution in [3.8, 4) is 5.75 Å². The average molecular weight is 363 g/mol. The van der Waals surface area contributed by atoms with E-state index in [2.05, 4.69) is 46.2 Å². The van der Waals surface area contributed by atoms with Crippen LogP contribution >= 0.6 is 0 Å². The van der Waals surface area contributed by atoms with Gasteiger partial charge < -0.3 is 15.5 Å². The fourth-order valence-corrected chi connectivity index (χ4v) is 4.12. The number of nitrogens with zero attached hydrogens (tertiary/aromatic N) is 2.